The minimum absolute atomic E-state index is 0.119. The Labute approximate surface area is 472 Å². The van der Waals surface area contributed by atoms with Gasteiger partial charge in [0.1, 0.15) is 24.4 Å². The summed E-state index contributed by atoms with van der Waals surface area (Å²) in [7, 11) is 0. The van der Waals surface area contributed by atoms with Crippen molar-refractivity contribution in [1.29, 1.82) is 0 Å². The Hall–Kier alpha value is -2.38. The molecule has 77 heavy (non-hydrogen) atoms. The minimum Gasteiger partial charge on any atom is -0.454 e. The van der Waals surface area contributed by atoms with Crippen LogP contribution in [0.4, 0.5) is 0 Å². The maximum atomic E-state index is 13.4. The van der Waals surface area contributed by atoms with Gasteiger partial charge in [-0.15, -0.1) is 0 Å². The lowest BCUT2D eigenvalue weighted by Crippen LogP contribution is -2.61. The predicted molar refractivity (Wildman–Crippen MR) is 320 cm³/mol. The van der Waals surface area contributed by atoms with E-state index in [0.717, 1.165) is 83.5 Å². The van der Waals surface area contributed by atoms with Crippen molar-refractivity contribution in [3.8, 4) is 0 Å². The van der Waals surface area contributed by atoms with Gasteiger partial charge in [0, 0.05) is 6.42 Å². The van der Waals surface area contributed by atoms with Gasteiger partial charge in [0.2, 0.25) is 5.91 Å². The second-order valence-corrected chi connectivity index (χ2v) is 22.5. The van der Waals surface area contributed by atoms with Gasteiger partial charge in [0.25, 0.3) is 0 Å². The SMILES string of the molecule is CCCCC/C=C\C/C=C\CCCCCCCCCCC(O)C(=O)NC(COC1OC(CO)C(O)C(O)C1OC(=O)CCCCCCCCC/C=C/CCCCCCCC)C(O)/C=C/CCCCCCCCCCCCC. The standard InChI is InChI=1S/C66H121NO10/c1-4-7-10-13-16-19-22-25-27-29-31-32-35-38-41-44-47-50-53-59(70)65(74)67-57(58(69)52-49-46-43-40-37-34-24-21-18-15-12-9-6-3)56-75-66-64(63(73)62(72)60(55-68)76-66)77-61(71)54-51-48-45-42-39-36-33-30-28-26-23-20-17-14-11-8-5-2/h16,19,25-28,49,52,57-60,62-64,66,68-70,72-73H,4-15,17-18,20-24,29-48,50-51,53-56H2,1-3H3,(H,67,74)/b19-16-,27-25-,28-26+,52-49+. The van der Waals surface area contributed by atoms with Gasteiger partial charge >= 0.3 is 5.97 Å². The largest absolute Gasteiger partial charge is 0.454 e. The van der Waals surface area contributed by atoms with E-state index < -0.39 is 67.4 Å². The number of hydrogen-bond acceptors (Lipinski definition) is 10. The molecule has 8 unspecified atom stereocenters. The third-order valence-electron chi connectivity index (χ3n) is 15.2. The Morgan fingerprint density at radius 2 is 0.896 bits per heavy atom. The normalized spacial score (nSPS) is 19.3. The Bertz CT molecular complexity index is 1440. The van der Waals surface area contributed by atoms with Gasteiger partial charge < -0.3 is 45.1 Å². The molecule has 0 aromatic rings. The van der Waals surface area contributed by atoms with E-state index in [1.807, 2.05) is 6.08 Å². The lowest BCUT2D eigenvalue weighted by molar-refractivity contribution is -0.305. The van der Waals surface area contributed by atoms with Gasteiger partial charge in [0.15, 0.2) is 12.4 Å². The van der Waals surface area contributed by atoms with Crippen LogP contribution in [-0.2, 0) is 23.8 Å². The van der Waals surface area contributed by atoms with Crippen LogP contribution in [-0.4, -0.2) is 99.6 Å². The summed E-state index contributed by atoms with van der Waals surface area (Å²) in [6, 6.07) is -1.03. The summed E-state index contributed by atoms with van der Waals surface area (Å²) in [6.07, 6.45) is 55.7. The summed E-state index contributed by atoms with van der Waals surface area (Å²) in [5, 5.41) is 57.1. The van der Waals surface area contributed by atoms with Gasteiger partial charge in [-0.1, -0.05) is 256 Å². The number of unbranched alkanes of at least 4 members (excludes halogenated alkanes) is 35. The number of carbonyl (C=O) groups is 2. The second-order valence-electron chi connectivity index (χ2n) is 22.5. The molecule has 11 nitrogen and oxygen atoms in total. The zero-order valence-corrected chi connectivity index (χ0v) is 49.8. The highest BCUT2D eigenvalue weighted by Gasteiger charge is 2.47. The van der Waals surface area contributed by atoms with Crippen LogP contribution in [0, 0.1) is 0 Å². The molecule has 1 saturated heterocycles. The first-order valence-corrected chi connectivity index (χ1v) is 32.4. The molecule has 0 aromatic heterocycles. The first-order valence-electron chi connectivity index (χ1n) is 32.4. The molecule has 11 heteroatoms. The summed E-state index contributed by atoms with van der Waals surface area (Å²) in [6.45, 7) is 5.78. The van der Waals surface area contributed by atoms with Crippen LogP contribution in [0.25, 0.3) is 0 Å². The third-order valence-corrected chi connectivity index (χ3v) is 15.2. The predicted octanol–water partition coefficient (Wildman–Crippen LogP) is 15.6. The fourth-order valence-electron chi connectivity index (χ4n) is 10.0. The van der Waals surface area contributed by atoms with Gasteiger partial charge in [-0.2, -0.15) is 0 Å². The van der Waals surface area contributed by atoms with Gasteiger partial charge in [-0.05, 0) is 83.5 Å². The smallest absolute Gasteiger partial charge is 0.306 e. The highest BCUT2D eigenvalue weighted by atomic mass is 16.7. The van der Waals surface area contributed by atoms with Crippen LogP contribution in [0.2, 0.25) is 0 Å². The molecule has 0 bridgehead atoms. The summed E-state index contributed by atoms with van der Waals surface area (Å²) >= 11 is 0. The molecule has 0 aliphatic carbocycles. The zero-order valence-electron chi connectivity index (χ0n) is 49.8. The van der Waals surface area contributed by atoms with Crippen molar-refractivity contribution < 1.29 is 49.3 Å². The van der Waals surface area contributed by atoms with E-state index in [4.69, 9.17) is 14.2 Å². The second kappa shape index (κ2) is 54.2. The number of amides is 1. The molecule has 1 rings (SSSR count). The van der Waals surface area contributed by atoms with E-state index in [-0.39, 0.29) is 19.4 Å². The van der Waals surface area contributed by atoms with Crippen molar-refractivity contribution in [3.05, 3.63) is 48.6 Å². The quantitative estimate of drug-likeness (QED) is 0.0195. The molecule has 1 fully saturated rings. The van der Waals surface area contributed by atoms with Crippen LogP contribution in [0.15, 0.2) is 48.6 Å². The average Bonchev–Trinajstić information content (AvgIpc) is 3.43. The first-order chi connectivity index (χ1) is 37.7. The minimum atomic E-state index is -1.62. The van der Waals surface area contributed by atoms with E-state index in [2.05, 4.69) is 62.5 Å². The maximum Gasteiger partial charge on any atom is 0.306 e. The Kier molecular flexibility index (Phi) is 51.1. The maximum absolute atomic E-state index is 13.4. The number of aliphatic hydroxyl groups is 5. The van der Waals surface area contributed by atoms with Crippen molar-refractivity contribution in [3.63, 3.8) is 0 Å². The van der Waals surface area contributed by atoms with Crippen molar-refractivity contribution in [2.45, 2.75) is 346 Å². The van der Waals surface area contributed by atoms with E-state index in [0.29, 0.717) is 12.8 Å². The summed E-state index contributed by atoms with van der Waals surface area (Å²) in [4.78, 5) is 26.6. The zero-order chi connectivity index (χ0) is 56.1. The summed E-state index contributed by atoms with van der Waals surface area (Å²) in [5.41, 5.74) is 0. The van der Waals surface area contributed by atoms with Crippen LogP contribution in [0.1, 0.15) is 297 Å². The molecule has 0 saturated carbocycles. The van der Waals surface area contributed by atoms with E-state index in [1.165, 1.54) is 167 Å². The van der Waals surface area contributed by atoms with E-state index in [9.17, 15) is 35.1 Å². The Morgan fingerprint density at radius 3 is 1.36 bits per heavy atom. The molecule has 8 atom stereocenters. The fraction of sp³-hybridized carbons (Fsp3) is 0.848. The molecular formula is C66H121NO10. The molecule has 0 aromatic carbocycles. The number of aliphatic hydroxyl groups excluding tert-OH is 5. The Balaban J connectivity index is 2.68. The number of nitrogens with one attached hydrogen (secondary N) is 1. The number of carbonyl (C=O) groups excluding carboxylic acids is 2. The molecule has 1 amide bonds. The number of hydrogen-bond donors (Lipinski definition) is 6. The van der Waals surface area contributed by atoms with Crippen molar-refractivity contribution in [1.82, 2.24) is 5.32 Å². The topological polar surface area (TPSA) is 175 Å². The molecule has 0 spiro atoms. The number of rotatable bonds is 55. The van der Waals surface area contributed by atoms with Crippen molar-refractivity contribution in [2.75, 3.05) is 13.2 Å². The van der Waals surface area contributed by atoms with Gasteiger partial charge in [-0.3, -0.25) is 9.59 Å². The number of ether oxygens (including phenoxy) is 3. The lowest BCUT2D eigenvalue weighted by Gasteiger charge is -2.41. The average molecular weight is 1090 g/mol. The summed E-state index contributed by atoms with van der Waals surface area (Å²) < 4.78 is 17.6. The van der Waals surface area contributed by atoms with E-state index >= 15 is 0 Å². The highest BCUT2D eigenvalue weighted by Crippen LogP contribution is 2.26. The van der Waals surface area contributed by atoms with Gasteiger partial charge in [0.05, 0.1) is 25.4 Å². The molecule has 6 N–H and O–H groups in total. The molecule has 0 radical (unpaired) electrons. The Morgan fingerprint density at radius 1 is 0.506 bits per heavy atom. The molecular weight excluding hydrogens is 967 g/mol. The molecule has 1 heterocycles. The molecule has 1 aliphatic heterocycles. The highest BCUT2D eigenvalue weighted by molar-refractivity contribution is 5.80. The molecule has 450 valence electrons. The van der Waals surface area contributed by atoms with Gasteiger partial charge in [-0.25, -0.2) is 0 Å². The monoisotopic (exact) mass is 1090 g/mol. The third kappa shape index (κ3) is 42.2. The van der Waals surface area contributed by atoms with Crippen molar-refractivity contribution >= 4 is 11.9 Å². The summed E-state index contributed by atoms with van der Waals surface area (Å²) in [5.74, 6) is -1.20. The van der Waals surface area contributed by atoms with Crippen LogP contribution < -0.4 is 5.32 Å². The number of allylic oxidation sites excluding steroid dienone is 7. The van der Waals surface area contributed by atoms with E-state index in [1.54, 1.807) is 6.08 Å². The van der Waals surface area contributed by atoms with Crippen LogP contribution >= 0.6 is 0 Å². The first kappa shape index (κ1) is 72.6. The fourth-order valence-corrected chi connectivity index (χ4v) is 10.0. The van der Waals surface area contributed by atoms with Crippen molar-refractivity contribution in [2.24, 2.45) is 0 Å². The molecule has 1 aliphatic rings. The van der Waals surface area contributed by atoms with Crippen LogP contribution in [0.3, 0.4) is 0 Å². The number of esters is 1. The lowest BCUT2D eigenvalue weighted by atomic mass is 9.99. The van der Waals surface area contributed by atoms with Crippen LogP contribution in [0.5, 0.6) is 0 Å².